The van der Waals surface area contributed by atoms with E-state index in [9.17, 15) is 5.11 Å². The summed E-state index contributed by atoms with van der Waals surface area (Å²) in [5.41, 5.74) is 2.26. The minimum Gasteiger partial charge on any atom is -0.393 e. The molecule has 0 aromatic heterocycles. The third kappa shape index (κ3) is 3.74. The molecule has 0 saturated heterocycles. The number of hydrogen-bond donors (Lipinski definition) is 1. The zero-order valence-corrected chi connectivity index (χ0v) is 12.0. The number of aliphatic hydroxyl groups excluding tert-OH is 1. The molecule has 0 heterocycles. The summed E-state index contributed by atoms with van der Waals surface area (Å²) in [5, 5.41) is 9.80. The minimum absolute atomic E-state index is 0.150. The van der Waals surface area contributed by atoms with Crippen molar-refractivity contribution in [1.29, 1.82) is 0 Å². The lowest BCUT2D eigenvalue weighted by Crippen LogP contribution is -2.14. The van der Waals surface area contributed by atoms with Crippen molar-refractivity contribution in [2.45, 2.75) is 45.6 Å². The molecule has 1 rings (SSSR count). The van der Waals surface area contributed by atoms with Crippen LogP contribution in [0, 0.1) is 0 Å². The molecule has 0 bridgehead atoms. The Bertz CT molecular complexity index is 325. The van der Waals surface area contributed by atoms with Crippen molar-refractivity contribution in [1.82, 2.24) is 0 Å². The van der Waals surface area contributed by atoms with Crippen molar-refractivity contribution < 1.29 is 9.53 Å². The maximum Gasteiger partial charge on any atom is 0.174 e. The molecule has 0 spiro atoms. The standard InChI is InChI=1S/C13H22O2Si/c1-13(2,3)11-8-6-10(7-9-11)12(14)15-16(4)5/h6-9,12,14,16H,1-5H3. The summed E-state index contributed by atoms with van der Waals surface area (Å²) in [6, 6.07) is 8.01. The molecule has 0 saturated carbocycles. The lowest BCUT2D eigenvalue weighted by molar-refractivity contribution is -0.0211. The van der Waals surface area contributed by atoms with Crippen molar-refractivity contribution in [3.8, 4) is 0 Å². The van der Waals surface area contributed by atoms with E-state index < -0.39 is 15.3 Å². The van der Waals surface area contributed by atoms with Gasteiger partial charge in [0.05, 0.1) is 0 Å². The summed E-state index contributed by atoms with van der Waals surface area (Å²) >= 11 is 0. The van der Waals surface area contributed by atoms with Gasteiger partial charge in [-0.2, -0.15) is 0 Å². The number of hydrogen-bond acceptors (Lipinski definition) is 2. The molecule has 0 amide bonds. The Hall–Kier alpha value is -0.643. The number of aliphatic hydroxyl groups is 1. The molecule has 3 heteroatoms. The highest BCUT2D eigenvalue weighted by Crippen LogP contribution is 2.24. The van der Waals surface area contributed by atoms with Crippen LogP contribution in [0.2, 0.25) is 13.1 Å². The van der Waals surface area contributed by atoms with Crippen LogP contribution >= 0.6 is 0 Å². The van der Waals surface area contributed by atoms with Crippen molar-refractivity contribution in [2.24, 2.45) is 0 Å². The van der Waals surface area contributed by atoms with Gasteiger partial charge in [-0.15, -0.1) is 0 Å². The summed E-state index contributed by atoms with van der Waals surface area (Å²) in [6.07, 6.45) is -0.763. The Labute approximate surface area is 100.0 Å². The van der Waals surface area contributed by atoms with Crippen molar-refractivity contribution >= 4 is 9.04 Å². The first-order valence-electron chi connectivity index (χ1n) is 5.74. The molecule has 0 radical (unpaired) electrons. The second-order valence-electron chi connectivity index (χ2n) is 5.41. The van der Waals surface area contributed by atoms with Crippen molar-refractivity contribution in [3.63, 3.8) is 0 Å². The maximum absolute atomic E-state index is 9.80. The highest BCUT2D eigenvalue weighted by Gasteiger charge is 2.15. The average Bonchev–Trinajstić information content (AvgIpc) is 2.15. The van der Waals surface area contributed by atoms with Crippen molar-refractivity contribution in [2.75, 3.05) is 0 Å². The van der Waals surface area contributed by atoms with E-state index in [0.717, 1.165) is 5.56 Å². The van der Waals surface area contributed by atoms with Crippen LogP contribution in [0.3, 0.4) is 0 Å². The quantitative estimate of drug-likeness (QED) is 0.648. The van der Waals surface area contributed by atoms with E-state index in [0.29, 0.717) is 0 Å². The normalized spacial score (nSPS) is 14.2. The molecule has 0 fully saturated rings. The summed E-state index contributed by atoms with van der Waals surface area (Å²) in [4.78, 5) is 0. The van der Waals surface area contributed by atoms with E-state index in [1.165, 1.54) is 5.56 Å². The second-order valence-corrected chi connectivity index (χ2v) is 7.78. The highest BCUT2D eigenvalue weighted by atomic mass is 28.3. The van der Waals surface area contributed by atoms with Crippen LogP contribution in [0.5, 0.6) is 0 Å². The largest absolute Gasteiger partial charge is 0.393 e. The van der Waals surface area contributed by atoms with Crippen LogP contribution in [0.25, 0.3) is 0 Å². The van der Waals surface area contributed by atoms with E-state index in [1.54, 1.807) is 0 Å². The first-order valence-corrected chi connectivity index (χ1v) is 8.53. The molecule has 0 aliphatic heterocycles. The Balaban J connectivity index is 2.79. The van der Waals surface area contributed by atoms with Gasteiger partial charge in [0.15, 0.2) is 15.3 Å². The molecular formula is C13H22O2Si. The summed E-state index contributed by atoms with van der Waals surface area (Å²) < 4.78 is 5.46. The van der Waals surface area contributed by atoms with Crippen LogP contribution < -0.4 is 0 Å². The van der Waals surface area contributed by atoms with Crippen LogP contribution in [0.15, 0.2) is 24.3 Å². The van der Waals surface area contributed by atoms with Gasteiger partial charge >= 0.3 is 0 Å². The van der Waals surface area contributed by atoms with Gasteiger partial charge in [0.1, 0.15) is 0 Å². The zero-order valence-electron chi connectivity index (χ0n) is 10.8. The van der Waals surface area contributed by atoms with Gasteiger partial charge < -0.3 is 9.53 Å². The molecule has 1 unspecified atom stereocenters. The monoisotopic (exact) mass is 238 g/mol. The molecule has 0 aliphatic carbocycles. The fourth-order valence-corrected chi connectivity index (χ4v) is 2.16. The van der Waals surface area contributed by atoms with Gasteiger partial charge in [-0.05, 0) is 24.1 Å². The molecule has 1 aromatic carbocycles. The highest BCUT2D eigenvalue weighted by molar-refractivity contribution is 6.48. The lowest BCUT2D eigenvalue weighted by Gasteiger charge is -2.20. The van der Waals surface area contributed by atoms with Gasteiger partial charge in [-0.25, -0.2) is 0 Å². The smallest absolute Gasteiger partial charge is 0.174 e. The first kappa shape index (κ1) is 13.4. The minimum atomic E-state index is -1.19. The van der Waals surface area contributed by atoms with Gasteiger partial charge in [0.25, 0.3) is 0 Å². The number of benzene rings is 1. The first-order chi connectivity index (χ1) is 7.30. The Morgan fingerprint density at radius 2 is 1.62 bits per heavy atom. The molecule has 90 valence electrons. The molecule has 1 aromatic rings. The predicted octanol–water partition coefficient (Wildman–Crippen LogP) is 2.98. The molecule has 0 aliphatic rings. The second kappa shape index (κ2) is 5.12. The van der Waals surface area contributed by atoms with Crippen molar-refractivity contribution in [3.05, 3.63) is 35.4 Å². The fourth-order valence-electron chi connectivity index (χ4n) is 1.48. The van der Waals surface area contributed by atoms with E-state index in [2.05, 4.69) is 32.9 Å². The summed E-state index contributed by atoms with van der Waals surface area (Å²) in [5.74, 6) is 0. The maximum atomic E-state index is 9.80. The lowest BCUT2D eigenvalue weighted by atomic mass is 9.87. The van der Waals surface area contributed by atoms with E-state index in [-0.39, 0.29) is 5.41 Å². The Morgan fingerprint density at radius 1 is 1.12 bits per heavy atom. The van der Waals surface area contributed by atoms with Gasteiger partial charge in [0, 0.05) is 5.56 Å². The van der Waals surface area contributed by atoms with Gasteiger partial charge in [-0.3, -0.25) is 0 Å². The van der Waals surface area contributed by atoms with Crippen LogP contribution in [-0.4, -0.2) is 14.1 Å². The molecule has 16 heavy (non-hydrogen) atoms. The number of rotatable bonds is 3. The summed E-state index contributed by atoms with van der Waals surface area (Å²) in [7, 11) is -1.19. The van der Waals surface area contributed by atoms with Crippen LogP contribution in [0.4, 0.5) is 0 Å². The molecule has 1 atom stereocenters. The van der Waals surface area contributed by atoms with E-state index in [4.69, 9.17) is 4.43 Å². The predicted molar refractivity (Wildman–Crippen MR) is 70.1 cm³/mol. The van der Waals surface area contributed by atoms with Crippen LogP contribution in [0.1, 0.15) is 38.2 Å². The van der Waals surface area contributed by atoms with Gasteiger partial charge in [0.2, 0.25) is 0 Å². The Kier molecular flexibility index (Phi) is 4.30. The van der Waals surface area contributed by atoms with E-state index >= 15 is 0 Å². The fraction of sp³-hybridized carbons (Fsp3) is 0.538. The molecule has 1 N–H and O–H groups in total. The third-order valence-corrected chi connectivity index (χ3v) is 3.27. The van der Waals surface area contributed by atoms with Crippen LogP contribution in [-0.2, 0) is 9.84 Å². The van der Waals surface area contributed by atoms with Gasteiger partial charge in [-0.1, -0.05) is 45.0 Å². The summed E-state index contributed by atoms with van der Waals surface area (Å²) in [6.45, 7) is 10.6. The zero-order chi connectivity index (χ0) is 12.3. The topological polar surface area (TPSA) is 29.5 Å². The Morgan fingerprint density at radius 3 is 2.00 bits per heavy atom. The molecular weight excluding hydrogens is 216 g/mol. The third-order valence-electron chi connectivity index (χ3n) is 2.46. The SMILES string of the molecule is C[SiH](C)OC(O)c1ccc(C(C)(C)C)cc1. The van der Waals surface area contributed by atoms with E-state index in [1.807, 2.05) is 25.2 Å². The molecule has 2 nitrogen and oxygen atoms in total. The average molecular weight is 238 g/mol.